The Morgan fingerprint density at radius 3 is 1.83 bits per heavy atom. The first-order chi connectivity index (χ1) is 11.7. The highest BCUT2D eigenvalue weighted by Crippen LogP contribution is 2.16. The van der Waals surface area contributed by atoms with E-state index in [1.165, 1.54) is 50.5 Å². The van der Waals surface area contributed by atoms with Gasteiger partial charge in [-0.15, -0.1) is 0 Å². The summed E-state index contributed by atoms with van der Waals surface area (Å²) < 4.78 is 0.990. The molecule has 0 fully saturated rings. The molecule has 2 heteroatoms. The number of rotatable bonds is 10. The summed E-state index contributed by atoms with van der Waals surface area (Å²) in [5.41, 5.74) is 2.83. The SMILES string of the molecule is CCCCCCCCCc1ccc(C(=O)c2ccc(Br)cc2)cc1. The van der Waals surface area contributed by atoms with Crippen molar-refractivity contribution in [2.24, 2.45) is 0 Å². The molecule has 1 nitrogen and oxygen atoms in total. The van der Waals surface area contributed by atoms with Crippen molar-refractivity contribution in [2.45, 2.75) is 58.3 Å². The van der Waals surface area contributed by atoms with Crippen LogP contribution in [-0.2, 0) is 6.42 Å². The van der Waals surface area contributed by atoms with Gasteiger partial charge in [0.15, 0.2) is 5.78 Å². The number of carbonyl (C=O) groups is 1. The van der Waals surface area contributed by atoms with Gasteiger partial charge in [0.1, 0.15) is 0 Å². The Labute approximate surface area is 154 Å². The normalized spacial score (nSPS) is 10.8. The number of unbranched alkanes of at least 4 members (excludes halogenated alkanes) is 6. The van der Waals surface area contributed by atoms with Gasteiger partial charge in [-0.05, 0) is 42.7 Å². The summed E-state index contributed by atoms with van der Waals surface area (Å²) in [5, 5.41) is 0. The third-order valence-electron chi connectivity index (χ3n) is 4.39. The number of hydrogen-bond donors (Lipinski definition) is 0. The maximum absolute atomic E-state index is 12.4. The summed E-state index contributed by atoms with van der Waals surface area (Å²) in [7, 11) is 0. The average Bonchev–Trinajstić information content (AvgIpc) is 2.61. The van der Waals surface area contributed by atoms with Gasteiger partial charge in [0, 0.05) is 15.6 Å². The largest absolute Gasteiger partial charge is 0.289 e. The molecule has 0 aliphatic heterocycles. The van der Waals surface area contributed by atoms with Gasteiger partial charge in [0.05, 0.1) is 0 Å². The van der Waals surface area contributed by atoms with Crippen molar-refractivity contribution in [1.29, 1.82) is 0 Å². The molecule has 0 heterocycles. The molecule has 0 atom stereocenters. The lowest BCUT2D eigenvalue weighted by Crippen LogP contribution is -2.01. The van der Waals surface area contributed by atoms with Gasteiger partial charge in [-0.2, -0.15) is 0 Å². The molecule has 24 heavy (non-hydrogen) atoms. The van der Waals surface area contributed by atoms with Crippen LogP contribution in [0, 0.1) is 0 Å². The second-order valence-electron chi connectivity index (χ2n) is 6.40. The molecule has 0 saturated heterocycles. The van der Waals surface area contributed by atoms with Crippen LogP contribution in [0.15, 0.2) is 53.0 Å². The Kier molecular flexibility index (Phi) is 8.24. The van der Waals surface area contributed by atoms with Crippen molar-refractivity contribution < 1.29 is 4.79 Å². The van der Waals surface area contributed by atoms with Crippen LogP contribution in [0.3, 0.4) is 0 Å². The van der Waals surface area contributed by atoms with Crippen molar-refractivity contribution >= 4 is 21.7 Å². The molecule has 0 amide bonds. The highest BCUT2D eigenvalue weighted by molar-refractivity contribution is 9.10. The summed E-state index contributed by atoms with van der Waals surface area (Å²) in [4.78, 5) is 12.4. The van der Waals surface area contributed by atoms with Gasteiger partial charge in [-0.3, -0.25) is 4.79 Å². The Balaban J connectivity index is 1.78. The minimum Gasteiger partial charge on any atom is -0.289 e. The number of aryl methyl sites for hydroxylation is 1. The fraction of sp³-hybridized carbons (Fsp3) is 0.409. The molecule has 2 aromatic rings. The molecule has 0 spiro atoms. The summed E-state index contributed by atoms with van der Waals surface area (Å²) in [5.74, 6) is 0.0879. The molecular weight excluding hydrogens is 360 g/mol. The predicted molar refractivity (Wildman–Crippen MR) is 106 cm³/mol. The Hall–Kier alpha value is -1.41. The number of carbonyl (C=O) groups excluding carboxylic acids is 1. The number of ketones is 1. The highest BCUT2D eigenvalue weighted by Gasteiger charge is 2.08. The van der Waals surface area contributed by atoms with E-state index in [4.69, 9.17) is 0 Å². The third-order valence-corrected chi connectivity index (χ3v) is 4.92. The Morgan fingerprint density at radius 2 is 1.25 bits per heavy atom. The van der Waals surface area contributed by atoms with E-state index in [9.17, 15) is 4.79 Å². The first-order valence-corrected chi connectivity index (χ1v) is 9.89. The smallest absolute Gasteiger partial charge is 0.193 e. The lowest BCUT2D eigenvalue weighted by molar-refractivity contribution is 0.103. The lowest BCUT2D eigenvalue weighted by Gasteiger charge is -2.05. The van der Waals surface area contributed by atoms with Crippen LogP contribution in [-0.4, -0.2) is 5.78 Å². The molecule has 0 aromatic heterocycles. The molecule has 0 aliphatic rings. The van der Waals surface area contributed by atoms with Crippen molar-refractivity contribution in [2.75, 3.05) is 0 Å². The summed E-state index contributed by atoms with van der Waals surface area (Å²) >= 11 is 3.40. The molecule has 0 N–H and O–H groups in total. The van der Waals surface area contributed by atoms with Crippen LogP contribution in [0.1, 0.15) is 73.4 Å². The van der Waals surface area contributed by atoms with Crippen molar-refractivity contribution in [3.8, 4) is 0 Å². The van der Waals surface area contributed by atoms with Crippen molar-refractivity contribution in [3.63, 3.8) is 0 Å². The zero-order valence-electron chi connectivity index (χ0n) is 14.6. The minimum atomic E-state index is 0.0879. The molecule has 0 unspecified atom stereocenters. The van der Waals surface area contributed by atoms with Gasteiger partial charge in [0.2, 0.25) is 0 Å². The fourth-order valence-corrected chi connectivity index (χ4v) is 3.14. The molecule has 0 aliphatic carbocycles. The number of halogens is 1. The summed E-state index contributed by atoms with van der Waals surface area (Å²) in [6, 6.07) is 15.6. The second kappa shape index (κ2) is 10.5. The van der Waals surface area contributed by atoms with E-state index in [0.717, 1.165) is 22.0 Å². The van der Waals surface area contributed by atoms with Crippen LogP contribution in [0.5, 0.6) is 0 Å². The molecule has 0 bridgehead atoms. The average molecular weight is 387 g/mol. The first kappa shape index (κ1) is 18.9. The van der Waals surface area contributed by atoms with Crippen LogP contribution in [0.25, 0.3) is 0 Å². The van der Waals surface area contributed by atoms with Crippen LogP contribution in [0.4, 0.5) is 0 Å². The summed E-state index contributed by atoms with van der Waals surface area (Å²) in [6.07, 6.45) is 10.4. The zero-order valence-corrected chi connectivity index (χ0v) is 16.1. The van der Waals surface area contributed by atoms with E-state index in [1.54, 1.807) is 0 Å². The maximum Gasteiger partial charge on any atom is 0.193 e. The topological polar surface area (TPSA) is 17.1 Å². The zero-order chi connectivity index (χ0) is 17.2. The second-order valence-corrected chi connectivity index (χ2v) is 7.32. The molecule has 2 rings (SSSR count). The third kappa shape index (κ3) is 6.24. The van der Waals surface area contributed by atoms with E-state index in [2.05, 4.69) is 35.0 Å². The number of benzene rings is 2. The quantitative estimate of drug-likeness (QED) is 0.318. The van der Waals surface area contributed by atoms with E-state index >= 15 is 0 Å². The van der Waals surface area contributed by atoms with Crippen LogP contribution >= 0.6 is 15.9 Å². The summed E-state index contributed by atoms with van der Waals surface area (Å²) in [6.45, 7) is 2.26. The highest BCUT2D eigenvalue weighted by atomic mass is 79.9. The van der Waals surface area contributed by atoms with E-state index < -0.39 is 0 Å². The molecular formula is C22H27BrO. The van der Waals surface area contributed by atoms with E-state index in [-0.39, 0.29) is 5.78 Å². The van der Waals surface area contributed by atoms with E-state index in [1.807, 2.05) is 36.4 Å². The fourth-order valence-electron chi connectivity index (χ4n) is 2.88. The van der Waals surface area contributed by atoms with Gasteiger partial charge in [-0.1, -0.05) is 85.6 Å². The van der Waals surface area contributed by atoms with Gasteiger partial charge in [-0.25, -0.2) is 0 Å². The van der Waals surface area contributed by atoms with Gasteiger partial charge < -0.3 is 0 Å². The van der Waals surface area contributed by atoms with Crippen LogP contribution in [0.2, 0.25) is 0 Å². The van der Waals surface area contributed by atoms with Crippen molar-refractivity contribution in [1.82, 2.24) is 0 Å². The van der Waals surface area contributed by atoms with E-state index in [0.29, 0.717) is 0 Å². The predicted octanol–water partition coefficient (Wildman–Crippen LogP) is 6.97. The monoisotopic (exact) mass is 386 g/mol. The lowest BCUT2D eigenvalue weighted by atomic mass is 10.00. The van der Waals surface area contributed by atoms with Crippen LogP contribution < -0.4 is 0 Å². The first-order valence-electron chi connectivity index (χ1n) is 9.10. The Bertz CT molecular complexity index is 613. The molecule has 0 saturated carbocycles. The standard InChI is InChI=1S/C22H27BrO/c1-2-3-4-5-6-7-8-9-18-10-12-19(13-11-18)22(24)20-14-16-21(23)17-15-20/h10-17H,2-9H2,1H3. The van der Waals surface area contributed by atoms with Crippen molar-refractivity contribution in [3.05, 3.63) is 69.7 Å². The maximum atomic E-state index is 12.4. The Morgan fingerprint density at radius 1 is 0.750 bits per heavy atom. The minimum absolute atomic E-state index is 0.0879. The van der Waals surface area contributed by atoms with Gasteiger partial charge in [0.25, 0.3) is 0 Å². The molecule has 2 aromatic carbocycles. The molecule has 0 radical (unpaired) electrons. The molecule has 128 valence electrons. The number of hydrogen-bond acceptors (Lipinski definition) is 1. The van der Waals surface area contributed by atoms with Gasteiger partial charge >= 0.3 is 0 Å².